The van der Waals surface area contributed by atoms with Crippen LogP contribution in [0.4, 0.5) is 17.3 Å². The number of carbonyl (C=O) groups is 3. The first-order valence-corrected chi connectivity index (χ1v) is 26.9. The van der Waals surface area contributed by atoms with E-state index in [0.717, 1.165) is 38.3 Å². The van der Waals surface area contributed by atoms with Gasteiger partial charge in [-0.15, -0.1) is 5.10 Å². The summed E-state index contributed by atoms with van der Waals surface area (Å²) in [4.78, 5) is 53.4. The van der Waals surface area contributed by atoms with E-state index in [1.807, 2.05) is 121 Å². The van der Waals surface area contributed by atoms with Gasteiger partial charge in [0.05, 0.1) is 10.0 Å². The van der Waals surface area contributed by atoms with E-state index >= 15 is 0 Å². The molecule has 4 aromatic heterocycles. The van der Waals surface area contributed by atoms with Crippen LogP contribution in [0.25, 0.3) is 0 Å². The van der Waals surface area contributed by atoms with Gasteiger partial charge in [-0.25, -0.2) is 15.1 Å². The molecule has 6 aromatic carbocycles. The van der Waals surface area contributed by atoms with Crippen LogP contribution < -0.4 is 26.4 Å². The molecule has 0 unspecified atom stereocenters. The first-order valence-electron chi connectivity index (χ1n) is 23.2. The van der Waals surface area contributed by atoms with Crippen LogP contribution in [0.5, 0.6) is 11.5 Å². The Morgan fingerprint density at radius 1 is 0.532 bits per heavy atom. The van der Waals surface area contributed by atoms with Crippen LogP contribution in [-0.2, 0) is 23.8 Å². The topological polar surface area (TPSA) is 260 Å². The van der Waals surface area contributed by atoms with Gasteiger partial charge in [0.2, 0.25) is 11.1 Å². The lowest BCUT2D eigenvalue weighted by atomic mass is 10.1. The molecule has 0 spiro atoms. The molecule has 0 radical (unpaired) electrons. The van der Waals surface area contributed by atoms with E-state index in [-0.39, 0.29) is 17.7 Å². The van der Waals surface area contributed by atoms with Crippen molar-refractivity contribution in [2.45, 2.75) is 39.3 Å². The van der Waals surface area contributed by atoms with Crippen molar-refractivity contribution >= 4 is 93.5 Å². The average Bonchev–Trinajstić information content (AvgIpc) is 4.29. The molecule has 18 nitrogen and oxygen atoms in total. The summed E-state index contributed by atoms with van der Waals surface area (Å²) in [6, 6.07) is 48.0. The first-order chi connectivity index (χ1) is 37.6. The highest BCUT2D eigenvalue weighted by atomic mass is 35.5. The predicted molar refractivity (Wildman–Crippen MR) is 302 cm³/mol. The van der Waals surface area contributed by atoms with Gasteiger partial charge in [-0.1, -0.05) is 113 Å². The number of nitrogens with one attached hydrogen (secondary N) is 6. The molecule has 0 aliphatic heterocycles. The smallest absolute Gasteiger partial charge is 0.255 e. The van der Waals surface area contributed by atoms with Crippen molar-refractivity contribution < 1.29 is 19.1 Å². The molecule has 4 heterocycles. The molecule has 10 aromatic rings. The normalized spacial score (nSPS) is 10.5. The summed E-state index contributed by atoms with van der Waals surface area (Å²) in [5.74, 6) is 3.33. The van der Waals surface area contributed by atoms with Crippen molar-refractivity contribution in [3.63, 3.8) is 0 Å². The van der Waals surface area contributed by atoms with Gasteiger partial charge in [0.1, 0.15) is 24.2 Å². The van der Waals surface area contributed by atoms with E-state index in [4.69, 9.17) is 33.7 Å². The van der Waals surface area contributed by atoms with Gasteiger partial charge < -0.3 is 26.4 Å². The van der Waals surface area contributed by atoms with Crippen molar-refractivity contribution in [3.8, 4) is 11.5 Å². The second-order valence-corrected chi connectivity index (χ2v) is 19.8. The Morgan fingerprint density at radius 2 is 1.06 bits per heavy atom. The van der Waals surface area contributed by atoms with Crippen LogP contribution in [0.1, 0.15) is 53.3 Å². The van der Waals surface area contributed by atoms with Crippen LogP contribution in [-0.4, -0.2) is 68.2 Å². The molecule has 77 heavy (non-hydrogen) atoms. The zero-order chi connectivity index (χ0) is 53.6. The highest BCUT2D eigenvalue weighted by Gasteiger charge is 2.12. The number of thioether (sulfide) groups is 3. The summed E-state index contributed by atoms with van der Waals surface area (Å²) in [6.07, 6.45) is 6.34. The maximum Gasteiger partial charge on any atom is 0.255 e. The van der Waals surface area contributed by atoms with Gasteiger partial charge in [0, 0.05) is 64.3 Å². The number of carbonyl (C=O) groups excluding carboxylic acids is 3. The minimum Gasteiger partial charge on any atom is -0.457 e. The van der Waals surface area contributed by atoms with Crippen LogP contribution in [0.15, 0.2) is 198 Å². The van der Waals surface area contributed by atoms with Crippen molar-refractivity contribution in [3.05, 3.63) is 232 Å². The number of hydrogen-bond donors (Lipinski definition) is 7. The number of ether oxygens (including phenoxy) is 1. The highest BCUT2D eigenvalue weighted by molar-refractivity contribution is 7.98. The number of anilines is 3. The van der Waals surface area contributed by atoms with Crippen LogP contribution in [0, 0.1) is 0 Å². The fourth-order valence-corrected chi connectivity index (χ4v) is 9.20. The Balaban J connectivity index is 0.000000154. The number of benzene rings is 6. The molecule has 0 saturated carbocycles. The largest absolute Gasteiger partial charge is 0.457 e. The lowest BCUT2D eigenvalue weighted by Gasteiger charge is -2.09. The fraction of sp³-hybridized carbons (Fsp3) is 0.0741. The molecular formula is C54H46Cl2N14O4S3. The van der Waals surface area contributed by atoms with E-state index in [1.54, 1.807) is 48.8 Å². The van der Waals surface area contributed by atoms with Crippen molar-refractivity contribution in [1.82, 2.24) is 55.8 Å². The molecule has 3 amide bonds. The third-order valence-electron chi connectivity index (χ3n) is 10.4. The number of para-hydroxylation sites is 1. The van der Waals surface area contributed by atoms with Gasteiger partial charge in [0.25, 0.3) is 17.7 Å². The van der Waals surface area contributed by atoms with Crippen LogP contribution >= 0.6 is 58.5 Å². The second kappa shape index (κ2) is 28.4. The molecule has 0 atom stereocenters. The van der Waals surface area contributed by atoms with Crippen molar-refractivity contribution in [2.24, 2.45) is 0 Å². The van der Waals surface area contributed by atoms with Gasteiger partial charge in [-0.2, -0.15) is 15.2 Å². The number of halogens is 2. The van der Waals surface area contributed by atoms with Gasteiger partial charge >= 0.3 is 0 Å². The molecule has 0 fully saturated rings. The fourth-order valence-electron chi connectivity index (χ4n) is 6.71. The summed E-state index contributed by atoms with van der Waals surface area (Å²) in [7, 11) is 0. The molecule has 0 aliphatic carbocycles. The zero-order valence-electron chi connectivity index (χ0n) is 40.5. The highest BCUT2D eigenvalue weighted by Crippen LogP contribution is 2.27. The van der Waals surface area contributed by atoms with Gasteiger partial charge in [0.15, 0.2) is 10.3 Å². The molecule has 0 aliphatic rings. The molecule has 388 valence electrons. The van der Waals surface area contributed by atoms with Crippen LogP contribution in [0.3, 0.4) is 0 Å². The summed E-state index contributed by atoms with van der Waals surface area (Å²) >= 11 is 16.3. The number of nitrogen functional groups attached to an aromatic ring is 1. The number of nitrogens with two attached hydrogens (primary N) is 1. The molecule has 0 bridgehead atoms. The summed E-state index contributed by atoms with van der Waals surface area (Å²) in [5.41, 5.74) is 12.6. The van der Waals surface area contributed by atoms with Crippen molar-refractivity contribution in [1.29, 1.82) is 0 Å². The van der Waals surface area contributed by atoms with E-state index in [0.29, 0.717) is 78.8 Å². The maximum absolute atomic E-state index is 12.6. The third kappa shape index (κ3) is 17.8. The summed E-state index contributed by atoms with van der Waals surface area (Å²) in [5, 5.41) is 31.3. The number of H-pyrrole nitrogens is 3. The summed E-state index contributed by atoms with van der Waals surface area (Å²) in [6.45, 7) is 0.469. The third-order valence-corrected chi connectivity index (χ3v) is 14.0. The number of amides is 3. The van der Waals surface area contributed by atoms with E-state index in [9.17, 15) is 14.4 Å². The maximum atomic E-state index is 12.6. The number of aromatic nitrogens is 10. The monoisotopic (exact) mass is 1120 g/mol. The van der Waals surface area contributed by atoms with E-state index < -0.39 is 0 Å². The molecule has 8 N–H and O–H groups in total. The molecular weight excluding hydrogens is 1080 g/mol. The summed E-state index contributed by atoms with van der Waals surface area (Å²) < 4.78 is 5.77. The Labute approximate surface area is 464 Å². The predicted octanol–water partition coefficient (Wildman–Crippen LogP) is 11.8. The number of rotatable bonds is 18. The number of pyridine rings is 1. The Hall–Kier alpha value is -8.47. The Morgan fingerprint density at radius 3 is 1.60 bits per heavy atom. The number of aromatic amines is 3. The minimum atomic E-state index is -0.208. The minimum absolute atomic E-state index is 0.110. The number of nitrogens with zero attached hydrogens (tertiary/aromatic N) is 7. The Kier molecular flexibility index (Phi) is 20.2. The first kappa shape index (κ1) is 54.8. The van der Waals surface area contributed by atoms with E-state index in [2.05, 4.69) is 66.5 Å². The van der Waals surface area contributed by atoms with Crippen molar-refractivity contribution in [2.75, 3.05) is 16.4 Å². The Bertz CT molecular complexity index is 3470. The lowest BCUT2D eigenvalue weighted by Crippen LogP contribution is -2.22. The van der Waals surface area contributed by atoms with Gasteiger partial charge in [-0.3, -0.25) is 29.6 Å². The van der Waals surface area contributed by atoms with Crippen LogP contribution in [0.2, 0.25) is 10.0 Å². The lowest BCUT2D eigenvalue weighted by molar-refractivity contribution is 0.0949. The zero-order valence-corrected chi connectivity index (χ0v) is 44.4. The molecule has 0 saturated heterocycles. The quantitative estimate of drug-likeness (QED) is 0.0394. The SMILES string of the molecule is Nc1nc(SCc2cccc(C(=O)NCc3ccncc3)c2)n[nH]1.O=C(Nc1ccc(Cl)c(Cl)c1)c1cccc(CSc2ncn[nH]2)c1.O=C(Nc1ccc(Oc2ccccc2)cc1)c1cccc(CSc2ncn[nH]2)c1. The molecule has 23 heteroatoms. The number of hydrogen-bond acceptors (Lipinski definition) is 15. The van der Waals surface area contributed by atoms with E-state index in [1.165, 1.54) is 47.9 Å². The average molecular weight is 1120 g/mol. The van der Waals surface area contributed by atoms with Gasteiger partial charge in [-0.05, 0) is 125 Å². The standard InChI is InChI=1S/C22H18N4O2S.C16H12Cl2N4OS.C16H16N6OS/c27-21(17-6-4-5-16(13-17)14-29-22-23-15-24-26-22)25-18-9-11-20(12-10-18)28-19-7-2-1-3-8-19;17-13-5-4-12(7-14(13)18)21-15(23)11-3-1-2-10(6-11)8-24-16-19-9-20-22-16;17-15-20-16(22-21-15)24-10-12-2-1-3-13(8-12)14(23)19-9-11-4-6-18-7-5-11/h1-13,15H,14H2,(H,25,27)(H,23,24,26);1-7,9H,8H2,(H,21,23)(H,19,20,22);1-8H,9-10H2,(H,19,23)(H3,17,20,21,22). The molecule has 10 rings (SSSR count). The second-order valence-electron chi connectivity index (χ2n) is 16.1.